The largest absolute Gasteiger partial charge is 0.494 e. The van der Waals surface area contributed by atoms with Gasteiger partial charge in [-0.3, -0.25) is 0 Å². The molecule has 0 aliphatic carbocycles. The number of ether oxygens (including phenoxy) is 1. The van der Waals surface area contributed by atoms with E-state index in [1.54, 1.807) is 6.20 Å². The topological polar surface area (TPSA) is 48.2 Å². The molecule has 3 rings (SSSR count). The molecule has 0 amide bonds. The Morgan fingerprint density at radius 3 is 2.79 bits per heavy atom. The maximum atomic E-state index is 5.62. The maximum Gasteiger partial charge on any atom is 0.246 e. The van der Waals surface area contributed by atoms with E-state index in [9.17, 15) is 0 Å². The highest BCUT2D eigenvalue weighted by molar-refractivity contribution is 5.67. The molecule has 0 fully saturated rings. The van der Waals surface area contributed by atoms with E-state index >= 15 is 0 Å². The molecular weight excluding hydrogens is 240 g/mol. The molecule has 4 nitrogen and oxygen atoms in total. The molecule has 0 spiro atoms. The minimum Gasteiger partial charge on any atom is -0.494 e. The van der Waals surface area contributed by atoms with Crippen LogP contribution < -0.4 is 4.74 Å². The summed E-state index contributed by atoms with van der Waals surface area (Å²) in [6.45, 7) is 0.649. The van der Waals surface area contributed by atoms with Crippen LogP contribution in [0, 0.1) is 0 Å². The number of nitrogens with zero attached hydrogens (tertiary/aromatic N) is 2. The van der Waals surface area contributed by atoms with Crippen molar-refractivity contribution < 1.29 is 9.15 Å². The number of fused-ring (bicyclic) bond motifs is 1. The van der Waals surface area contributed by atoms with Gasteiger partial charge in [0.2, 0.25) is 5.71 Å². The van der Waals surface area contributed by atoms with E-state index in [1.807, 2.05) is 42.5 Å². The Morgan fingerprint density at radius 2 is 1.95 bits per heavy atom. The van der Waals surface area contributed by atoms with Gasteiger partial charge in [0, 0.05) is 12.6 Å². The predicted molar refractivity (Wildman–Crippen MR) is 72.1 cm³/mol. The minimum absolute atomic E-state index is 0.599. The third-order valence-electron chi connectivity index (χ3n) is 2.76. The number of aromatic nitrogens is 2. The molecule has 3 aromatic rings. The molecule has 4 heteroatoms. The number of oxazole rings is 1. The summed E-state index contributed by atoms with van der Waals surface area (Å²) in [6.07, 6.45) is 3.32. The molecule has 0 N–H and O–H groups in total. The first-order valence-corrected chi connectivity index (χ1v) is 6.30. The monoisotopic (exact) mass is 254 g/mol. The van der Waals surface area contributed by atoms with Crippen LogP contribution >= 0.6 is 0 Å². The van der Waals surface area contributed by atoms with E-state index < -0.39 is 0 Å². The zero-order chi connectivity index (χ0) is 12.9. The van der Waals surface area contributed by atoms with Crippen LogP contribution in [0.3, 0.4) is 0 Å². The molecule has 2 heterocycles. The van der Waals surface area contributed by atoms with E-state index in [1.165, 1.54) is 0 Å². The Labute approximate surface area is 111 Å². The van der Waals surface area contributed by atoms with Crippen molar-refractivity contribution >= 4 is 11.2 Å². The summed E-state index contributed by atoms with van der Waals surface area (Å²) in [5, 5.41) is 0. The van der Waals surface area contributed by atoms with Gasteiger partial charge in [0.25, 0.3) is 0 Å². The van der Waals surface area contributed by atoms with Crippen LogP contribution in [0.4, 0.5) is 0 Å². The van der Waals surface area contributed by atoms with Gasteiger partial charge in [-0.1, -0.05) is 18.2 Å². The average Bonchev–Trinajstić information content (AvgIpc) is 2.87. The van der Waals surface area contributed by atoms with Crippen molar-refractivity contribution in [1.82, 2.24) is 9.97 Å². The van der Waals surface area contributed by atoms with Crippen LogP contribution in [0.2, 0.25) is 0 Å². The van der Waals surface area contributed by atoms with Gasteiger partial charge in [-0.05, 0) is 30.7 Å². The Kier molecular flexibility index (Phi) is 3.40. The normalized spacial score (nSPS) is 10.7. The fraction of sp³-hybridized carbons (Fsp3) is 0.200. The second-order valence-corrected chi connectivity index (χ2v) is 4.20. The Hall–Kier alpha value is -2.36. The van der Waals surface area contributed by atoms with Crippen LogP contribution in [-0.4, -0.2) is 16.6 Å². The van der Waals surface area contributed by atoms with Gasteiger partial charge in [-0.15, -0.1) is 0 Å². The van der Waals surface area contributed by atoms with Crippen molar-refractivity contribution in [3.8, 4) is 5.75 Å². The lowest BCUT2D eigenvalue weighted by Gasteiger charge is -2.03. The Morgan fingerprint density at radius 1 is 1.05 bits per heavy atom. The molecule has 0 radical (unpaired) electrons. The second-order valence-electron chi connectivity index (χ2n) is 4.20. The van der Waals surface area contributed by atoms with Crippen LogP contribution in [-0.2, 0) is 6.42 Å². The van der Waals surface area contributed by atoms with E-state index in [-0.39, 0.29) is 0 Å². The summed E-state index contributed by atoms with van der Waals surface area (Å²) < 4.78 is 11.2. The van der Waals surface area contributed by atoms with Gasteiger partial charge in [0.15, 0.2) is 5.89 Å². The molecule has 0 unspecified atom stereocenters. The van der Waals surface area contributed by atoms with Crippen LogP contribution in [0.15, 0.2) is 53.1 Å². The van der Waals surface area contributed by atoms with Crippen molar-refractivity contribution in [2.75, 3.05) is 6.61 Å². The minimum atomic E-state index is 0.599. The van der Waals surface area contributed by atoms with Gasteiger partial charge in [-0.2, -0.15) is 0 Å². The summed E-state index contributed by atoms with van der Waals surface area (Å²) in [5.74, 6) is 1.60. The van der Waals surface area contributed by atoms with Crippen LogP contribution in [0.1, 0.15) is 12.3 Å². The predicted octanol–water partition coefficient (Wildman–Crippen LogP) is 3.23. The van der Waals surface area contributed by atoms with Crippen molar-refractivity contribution in [3.05, 3.63) is 54.6 Å². The number of pyridine rings is 1. The molecule has 0 saturated heterocycles. The third kappa shape index (κ3) is 2.91. The van der Waals surface area contributed by atoms with E-state index in [4.69, 9.17) is 9.15 Å². The molecule has 0 bridgehead atoms. The molecular formula is C15H14N2O2. The fourth-order valence-electron chi connectivity index (χ4n) is 1.85. The lowest BCUT2D eigenvalue weighted by atomic mass is 10.3. The lowest BCUT2D eigenvalue weighted by Crippen LogP contribution is -1.99. The summed E-state index contributed by atoms with van der Waals surface area (Å²) >= 11 is 0. The molecule has 0 aliphatic heterocycles. The Bertz CT molecular complexity index is 616. The lowest BCUT2D eigenvalue weighted by molar-refractivity contribution is 0.305. The van der Waals surface area contributed by atoms with E-state index in [2.05, 4.69) is 9.97 Å². The van der Waals surface area contributed by atoms with Gasteiger partial charge in [0.05, 0.1) is 6.61 Å². The van der Waals surface area contributed by atoms with Crippen molar-refractivity contribution in [2.45, 2.75) is 12.8 Å². The van der Waals surface area contributed by atoms with Gasteiger partial charge in [0.1, 0.15) is 11.3 Å². The SMILES string of the molecule is c1ccc(OCCCc2nc3cccnc3o2)cc1. The van der Waals surface area contributed by atoms with E-state index in [0.29, 0.717) is 18.2 Å². The van der Waals surface area contributed by atoms with Crippen molar-refractivity contribution in [2.24, 2.45) is 0 Å². The summed E-state index contributed by atoms with van der Waals surface area (Å²) in [5.41, 5.74) is 1.41. The number of para-hydroxylation sites is 1. The summed E-state index contributed by atoms with van der Waals surface area (Å²) in [6, 6.07) is 13.5. The number of benzene rings is 1. The Balaban J connectivity index is 1.52. The summed E-state index contributed by atoms with van der Waals surface area (Å²) in [7, 11) is 0. The number of aryl methyl sites for hydroxylation is 1. The molecule has 0 aliphatic rings. The molecule has 2 aromatic heterocycles. The van der Waals surface area contributed by atoms with Gasteiger partial charge >= 0.3 is 0 Å². The number of hydrogen-bond donors (Lipinski definition) is 0. The maximum absolute atomic E-state index is 5.62. The highest BCUT2D eigenvalue weighted by Gasteiger charge is 2.05. The van der Waals surface area contributed by atoms with Crippen molar-refractivity contribution in [1.29, 1.82) is 0 Å². The molecule has 96 valence electrons. The highest BCUT2D eigenvalue weighted by atomic mass is 16.5. The van der Waals surface area contributed by atoms with Gasteiger partial charge < -0.3 is 9.15 Å². The van der Waals surface area contributed by atoms with E-state index in [0.717, 1.165) is 24.1 Å². The van der Waals surface area contributed by atoms with Crippen LogP contribution in [0.25, 0.3) is 11.2 Å². The molecule has 0 saturated carbocycles. The zero-order valence-electron chi connectivity index (χ0n) is 10.5. The molecule has 19 heavy (non-hydrogen) atoms. The van der Waals surface area contributed by atoms with Crippen LogP contribution in [0.5, 0.6) is 5.75 Å². The first kappa shape index (κ1) is 11.7. The smallest absolute Gasteiger partial charge is 0.246 e. The van der Waals surface area contributed by atoms with Gasteiger partial charge in [-0.25, -0.2) is 9.97 Å². The summed E-state index contributed by atoms with van der Waals surface area (Å²) in [4.78, 5) is 8.49. The first-order chi connectivity index (χ1) is 9.42. The zero-order valence-corrected chi connectivity index (χ0v) is 10.5. The average molecular weight is 254 g/mol. The third-order valence-corrected chi connectivity index (χ3v) is 2.76. The second kappa shape index (κ2) is 5.52. The highest BCUT2D eigenvalue weighted by Crippen LogP contribution is 2.14. The number of rotatable bonds is 5. The first-order valence-electron chi connectivity index (χ1n) is 6.30. The van der Waals surface area contributed by atoms with Crippen molar-refractivity contribution in [3.63, 3.8) is 0 Å². The molecule has 0 atom stereocenters. The molecule has 1 aromatic carbocycles. The quantitative estimate of drug-likeness (QED) is 0.656. The standard InChI is InChI=1S/C15H14N2O2/c1-2-6-12(7-3-1)18-11-5-9-14-17-13-8-4-10-16-15(13)19-14/h1-4,6-8,10H,5,9,11H2. The fourth-order valence-corrected chi connectivity index (χ4v) is 1.85. The number of hydrogen-bond acceptors (Lipinski definition) is 4.